The fourth-order valence-electron chi connectivity index (χ4n) is 1.82. The Labute approximate surface area is 167 Å². The molecule has 7 nitrogen and oxygen atoms in total. The second-order valence-corrected chi connectivity index (χ2v) is 5.20. The number of rotatable bonds is 9. The number of alkyl halides is 3. The third-order valence-corrected chi connectivity index (χ3v) is 3.06. The molecule has 150 valence electrons. The minimum atomic E-state index is -4.42. The number of guanidine groups is 1. The van der Waals surface area contributed by atoms with Crippen molar-refractivity contribution in [2.75, 3.05) is 40.3 Å². The first-order chi connectivity index (χ1) is 11.8. The quantitative estimate of drug-likeness (QED) is 0.239. The lowest BCUT2D eigenvalue weighted by Crippen LogP contribution is -2.45. The van der Waals surface area contributed by atoms with Crippen LogP contribution in [-0.2, 0) is 16.1 Å². The van der Waals surface area contributed by atoms with Crippen LogP contribution in [0, 0.1) is 0 Å². The number of halogens is 4. The number of hydrogen-bond acceptors (Lipinski definition) is 4. The van der Waals surface area contributed by atoms with Gasteiger partial charge in [-0.15, -0.1) is 24.0 Å². The summed E-state index contributed by atoms with van der Waals surface area (Å²) in [6.45, 7) is -0.143. The predicted molar refractivity (Wildman–Crippen MR) is 101 cm³/mol. The summed E-state index contributed by atoms with van der Waals surface area (Å²) in [5, 5.41) is 5.62. The van der Waals surface area contributed by atoms with E-state index < -0.39 is 18.6 Å². The average Bonchev–Trinajstić information content (AvgIpc) is 3.04. The van der Waals surface area contributed by atoms with Crippen LogP contribution in [0.25, 0.3) is 0 Å². The first-order valence-electron chi connectivity index (χ1n) is 7.67. The number of hydrogen-bond donors (Lipinski definition) is 2. The summed E-state index contributed by atoms with van der Waals surface area (Å²) in [5.41, 5.74) is 0. The lowest BCUT2D eigenvalue weighted by molar-refractivity contribution is -0.157. The minimum Gasteiger partial charge on any atom is -0.467 e. The van der Waals surface area contributed by atoms with Crippen LogP contribution in [-0.4, -0.2) is 63.3 Å². The van der Waals surface area contributed by atoms with E-state index in [-0.39, 0.29) is 30.5 Å². The molecule has 1 amide bonds. The monoisotopic (exact) mass is 492 g/mol. The van der Waals surface area contributed by atoms with Gasteiger partial charge in [0.05, 0.1) is 12.8 Å². The third-order valence-electron chi connectivity index (χ3n) is 3.06. The van der Waals surface area contributed by atoms with Crippen LogP contribution in [0.4, 0.5) is 13.2 Å². The fourth-order valence-corrected chi connectivity index (χ4v) is 1.82. The van der Waals surface area contributed by atoms with Crippen molar-refractivity contribution in [3.8, 4) is 0 Å². The molecule has 1 aromatic rings. The lowest BCUT2D eigenvalue weighted by atomic mass is 10.4. The first-order valence-corrected chi connectivity index (χ1v) is 7.67. The SMILES string of the molecule is CN=C(NCCCOCc1ccco1)NCC(=O)N(C)CC(F)(F)F.I. The summed E-state index contributed by atoms with van der Waals surface area (Å²) in [5.74, 6) is 0.397. The van der Waals surface area contributed by atoms with Gasteiger partial charge in [0.25, 0.3) is 0 Å². The summed E-state index contributed by atoms with van der Waals surface area (Å²) in [7, 11) is 2.61. The summed E-state index contributed by atoms with van der Waals surface area (Å²) < 4.78 is 47.2. The molecule has 11 heteroatoms. The smallest absolute Gasteiger partial charge is 0.406 e. The highest BCUT2D eigenvalue weighted by Crippen LogP contribution is 2.15. The largest absolute Gasteiger partial charge is 0.467 e. The van der Waals surface area contributed by atoms with E-state index in [2.05, 4.69) is 15.6 Å². The van der Waals surface area contributed by atoms with Crippen molar-refractivity contribution in [3.63, 3.8) is 0 Å². The highest BCUT2D eigenvalue weighted by molar-refractivity contribution is 14.0. The summed E-state index contributed by atoms with van der Waals surface area (Å²) in [4.78, 5) is 16.1. The molecule has 1 rings (SSSR count). The Kier molecular flexibility index (Phi) is 12.1. The van der Waals surface area contributed by atoms with E-state index in [0.717, 1.165) is 12.8 Å². The molecule has 0 aliphatic rings. The standard InChI is InChI=1S/C15H23F3N4O3.HI/c1-19-14(21-9-13(23)22(2)11-15(16,17)18)20-6-4-7-24-10-12-5-3-8-25-12;/h3,5,8H,4,6-7,9-11H2,1-2H3,(H2,19,20,21);1H. The van der Waals surface area contributed by atoms with E-state index in [0.29, 0.717) is 37.0 Å². The molecular weight excluding hydrogens is 468 g/mol. The Morgan fingerprint density at radius 3 is 2.69 bits per heavy atom. The maximum Gasteiger partial charge on any atom is 0.406 e. The summed E-state index contributed by atoms with van der Waals surface area (Å²) in [6.07, 6.45) is -2.16. The maximum absolute atomic E-state index is 12.2. The van der Waals surface area contributed by atoms with Crippen molar-refractivity contribution < 1.29 is 27.1 Å². The predicted octanol–water partition coefficient (Wildman–Crippen LogP) is 1.99. The molecule has 0 unspecified atom stereocenters. The van der Waals surface area contributed by atoms with Crippen LogP contribution in [0.1, 0.15) is 12.2 Å². The van der Waals surface area contributed by atoms with E-state index in [1.165, 1.54) is 7.05 Å². The molecule has 0 bridgehead atoms. The molecule has 0 aromatic carbocycles. The number of likely N-dealkylation sites (N-methyl/N-ethyl adjacent to an activating group) is 1. The Balaban J connectivity index is 0.00000625. The van der Waals surface area contributed by atoms with Gasteiger partial charge in [0.15, 0.2) is 5.96 Å². The van der Waals surface area contributed by atoms with Gasteiger partial charge < -0.3 is 24.7 Å². The zero-order chi connectivity index (χ0) is 18.7. The van der Waals surface area contributed by atoms with Crippen molar-refractivity contribution in [1.29, 1.82) is 0 Å². The molecule has 0 fully saturated rings. The van der Waals surface area contributed by atoms with Crippen LogP contribution in [0.15, 0.2) is 27.8 Å². The Hall–Kier alpha value is -1.50. The molecular formula is C15H24F3IN4O3. The second-order valence-electron chi connectivity index (χ2n) is 5.20. The highest BCUT2D eigenvalue weighted by Gasteiger charge is 2.31. The van der Waals surface area contributed by atoms with E-state index in [1.54, 1.807) is 12.3 Å². The number of carbonyl (C=O) groups excluding carboxylic acids is 1. The molecule has 1 heterocycles. The van der Waals surface area contributed by atoms with Gasteiger partial charge in [-0.2, -0.15) is 13.2 Å². The van der Waals surface area contributed by atoms with E-state index in [9.17, 15) is 18.0 Å². The van der Waals surface area contributed by atoms with Crippen LogP contribution >= 0.6 is 24.0 Å². The third kappa shape index (κ3) is 11.2. The Morgan fingerprint density at radius 2 is 2.12 bits per heavy atom. The van der Waals surface area contributed by atoms with Gasteiger partial charge in [-0.25, -0.2) is 0 Å². The van der Waals surface area contributed by atoms with Gasteiger partial charge in [-0.3, -0.25) is 9.79 Å². The molecule has 2 N–H and O–H groups in total. The molecule has 0 saturated carbocycles. The van der Waals surface area contributed by atoms with Gasteiger partial charge in [0, 0.05) is 27.2 Å². The zero-order valence-corrected chi connectivity index (χ0v) is 17.0. The number of nitrogens with one attached hydrogen (secondary N) is 2. The molecule has 0 aliphatic carbocycles. The topological polar surface area (TPSA) is 79.1 Å². The molecule has 0 atom stereocenters. The van der Waals surface area contributed by atoms with Crippen LogP contribution in [0.5, 0.6) is 0 Å². The highest BCUT2D eigenvalue weighted by atomic mass is 127. The van der Waals surface area contributed by atoms with Gasteiger partial charge in [0.2, 0.25) is 5.91 Å². The Morgan fingerprint density at radius 1 is 1.38 bits per heavy atom. The number of nitrogens with zero attached hydrogens (tertiary/aromatic N) is 2. The van der Waals surface area contributed by atoms with Crippen LogP contribution < -0.4 is 10.6 Å². The summed E-state index contributed by atoms with van der Waals surface area (Å²) >= 11 is 0. The van der Waals surface area contributed by atoms with Gasteiger partial charge >= 0.3 is 6.18 Å². The van der Waals surface area contributed by atoms with Crippen molar-refractivity contribution >= 4 is 35.8 Å². The number of aliphatic imine (C=N–C) groups is 1. The van der Waals surface area contributed by atoms with Crippen molar-refractivity contribution in [2.24, 2.45) is 4.99 Å². The first kappa shape index (κ1) is 24.5. The van der Waals surface area contributed by atoms with Crippen molar-refractivity contribution in [2.45, 2.75) is 19.2 Å². The molecule has 0 aliphatic heterocycles. The number of carbonyl (C=O) groups is 1. The van der Waals surface area contributed by atoms with Crippen molar-refractivity contribution in [3.05, 3.63) is 24.2 Å². The van der Waals surface area contributed by atoms with Gasteiger partial charge in [-0.1, -0.05) is 0 Å². The number of amides is 1. The normalized spacial score (nSPS) is 11.7. The number of furan rings is 1. The minimum absolute atomic E-state index is 0. The average molecular weight is 492 g/mol. The van der Waals surface area contributed by atoms with Crippen molar-refractivity contribution in [1.82, 2.24) is 15.5 Å². The lowest BCUT2D eigenvalue weighted by Gasteiger charge is -2.20. The van der Waals surface area contributed by atoms with E-state index >= 15 is 0 Å². The maximum atomic E-state index is 12.2. The molecule has 0 spiro atoms. The van der Waals surface area contributed by atoms with Crippen LogP contribution in [0.2, 0.25) is 0 Å². The fraction of sp³-hybridized carbons (Fsp3) is 0.600. The van der Waals surface area contributed by atoms with Gasteiger partial charge in [0.1, 0.15) is 18.9 Å². The zero-order valence-electron chi connectivity index (χ0n) is 14.6. The molecule has 1 aromatic heterocycles. The van der Waals surface area contributed by atoms with E-state index in [4.69, 9.17) is 9.15 Å². The molecule has 0 saturated heterocycles. The Bertz CT molecular complexity index is 539. The summed E-state index contributed by atoms with van der Waals surface area (Å²) in [6, 6.07) is 3.60. The number of ether oxygens (including phenoxy) is 1. The van der Waals surface area contributed by atoms with Gasteiger partial charge in [-0.05, 0) is 18.6 Å². The second kappa shape index (κ2) is 12.8. The van der Waals surface area contributed by atoms with E-state index in [1.807, 2.05) is 6.07 Å². The molecule has 0 radical (unpaired) electrons. The molecule has 26 heavy (non-hydrogen) atoms. The van der Waals surface area contributed by atoms with Crippen LogP contribution in [0.3, 0.4) is 0 Å².